The molecule has 0 aromatic rings. The van der Waals surface area contributed by atoms with E-state index in [-0.39, 0.29) is 9.04 Å². The molecule has 0 spiro atoms. The lowest BCUT2D eigenvalue weighted by atomic mass is 10.4. The van der Waals surface area contributed by atoms with Crippen molar-refractivity contribution < 1.29 is 8.85 Å². The van der Waals surface area contributed by atoms with Crippen molar-refractivity contribution in [2.75, 3.05) is 13.2 Å². The van der Waals surface area contributed by atoms with Crippen molar-refractivity contribution in [3.8, 4) is 0 Å². The predicted octanol–water partition coefficient (Wildman–Crippen LogP) is 3.42. The van der Waals surface area contributed by atoms with Crippen LogP contribution < -0.4 is 0 Å². The number of hydrogen-bond donors (Lipinski definition) is 0. The van der Waals surface area contributed by atoms with Crippen LogP contribution in [0.1, 0.15) is 25.7 Å². The topological polar surface area (TPSA) is 18.5 Å². The highest BCUT2D eigenvalue weighted by molar-refractivity contribution is 6.71. The highest BCUT2D eigenvalue weighted by Gasteiger charge is 2.24. The quantitative estimate of drug-likeness (QED) is 0.609. The van der Waals surface area contributed by atoms with Gasteiger partial charge in [0, 0.05) is 13.2 Å². The van der Waals surface area contributed by atoms with Crippen molar-refractivity contribution in [2.45, 2.75) is 57.4 Å². The molecule has 0 bridgehead atoms. The van der Waals surface area contributed by atoms with E-state index in [4.69, 9.17) is 8.85 Å². The van der Waals surface area contributed by atoms with Crippen molar-refractivity contribution >= 4 is 17.4 Å². The summed E-state index contributed by atoms with van der Waals surface area (Å²) >= 11 is 0. The van der Waals surface area contributed by atoms with Gasteiger partial charge in [-0.05, 0) is 44.6 Å². The average molecular weight is 245 g/mol. The first-order valence-electron chi connectivity index (χ1n) is 6.19. The maximum absolute atomic E-state index is 5.60. The van der Waals surface area contributed by atoms with Gasteiger partial charge < -0.3 is 8.85 Å². The van der Waals surface area contributed by atoms with Crippen LogP contribution in [-0.2, 0) is 8.85 Å². The Hall–Kier alpha value is 0.354. The molecule has 2 heterocycles. The molecule has 2 rings (SSSR count). The van der Waals surface area contributed by atoms with Gasteiger partial charge in [0.2, 0.25) is 9.04 Å². The molecule has 2 aliphatic heterocycles. The third kappa shape index (κ3) is 6.50. The van der Waals surface area contributed by atoms with Crippen molar-refractivity contribution in [2.24, 2.45) is 0 Å². The van der Waals surface area contributed by atoms with Crippen LogP contribution in [0.3, 0.4) is 0 Å². The summed E-state index contributed by atoms with van der Waals surface area (Å²) in [7, 11) is -1.38. The van der Waals surface area contributed by atoms with Crippen LogP contribution in [0, 0.1) is 0 Å². The second kappa shape index (κ2) is 6.83. The van der Waals surface area contributed by atoms with E-state index in [9.17, 15) is 0 Å². The first-order valence-corrected chi connectivity index (χ1v) is 11.4. The zero-order valence-corrected chi connectivity index (χ0v) is 12.5. The largest absolute Gasteiger partial charge is 0.417 e. The van der Waals surface area contributed by atoms with Crippen LogP contribution in [0.5, 0.6) is 0 Å². The molecule has 0 unspecified atom stereocenters. The van der Waals surface area contributed by atoms with Gasteiger partial charge in [-0.3, -0.25) is 0 Å². The Bertz CT molecular complexity index is 160. The van der Waals surface area contributed by atoms with Crippen molar-refractivity contribution in [3.63, 3.8) is 0 Å². The molecule has 0 aromatic carbocycles. The Morgan fingerprint density at radius 3 is 2.00 bits per heavy atom. The molecule has 89 valence electrons. The maximum Gasteiger partial charge on any atom is 0.208 e. The molecule has 1 radical (unpaired) electrons. The summed E-state index contributed by atoms with van der Waals surface area (Å²) in [4.78, 5) is 0. The van der Waals surface area contributed by atoms with E-state index in [1.807, 2.05) is 0 Å². The van der Waals surface area contributed by atoms with Gasteiger partial charge in [0.1, 0.15) is 0 Å². The summed E-state index contributed by atoms with van der Waals surface area (Å²) in [5, 5.41) is 0. The average Bonchev–Trinajstić information content (AvgIpc) is 2.19. The summed E-state index contributed by atoms with van der Waals surface area (Å²) in [5.74, 6) is 0. The first kappa shape index (κ1) is 13.4. The first-order chi connectivity index (χ1) is 7.10. The van der Waals surface area contributed by atoms with Crippen molar-refractivity contribution in [1.82, 2.24) is 0 Å². The Balaban J connectivity index is 0.000000151. The van der Waals surface area contributed by atoms with Crippen LogP contribution >= 0.6 is 0 Å². The molecule has 0 aromatic heterocycles. The fraction of sp³-hybridized carbons (Fsp3) is 1.00. The molecule has 0 saturated carbocycles. The van der Waals surface area contributed by atoms with Crippen LogP contribution in [-0.4, -0.2) is 30.6 Å². The molecular weight excluding hydrogens is 220 g/mol. The summed E-state index contributed by atoms with van der Waals surface area (Å²) in [5.41, 5.74) is 0. The third-order valence-corrected chi connectivity index (χ3v) is 7.24. The molecule has 0 atom stereocenters. The second-order valence-corrected chi connectivity index (χ2v) is 11.6. The van der Waals surface area contributed by atoms with E-state index in [0.717, 1.165) is 13.2 Å². The van der Waals surface area contributed by atoms with Crippen LogP contribution in [0.2, 0.25) is 31.7 Å². The zero-order chi connectivity index (χ0) is 11.1. The molecule has 0 amide bonds. The molecule has 2 fully saturated rings. The normalized spacial score (nSPS) is 26.6. The summed E-state index contributed by atoms with van der Waals surface area (Å²) < 4.78 is 11.0. The Morgan fingerprint density at radius 2 is 1.73 bits per heavy atom. The third-order valence-electron chi connectivity index (χ3n) is 2.94. The zero-order valence-electron chi connectivity index (χ0n) is 10.5. The highest BCUT2D eigenvalue weighted by Crippen LogP contribution is 2.20. The van der Waals surface area contributed by atoms with E-state index < -0.39 is 8.32 Å². The lowest BCUT2D eigenvalue weighted by Gasteiger charge is -2.27. The molecule has 15 heavy (non-hydrogen) atoms. The predicted molar refractivity (Wildman–Crippen MR) is 69.1 cm³/mol. The maximum atomic E-state index is 5.60. The van der Waals surface area contributed by atoms with E-state index in [0.29, 0.717) is 0 Å². The van der Waals surface area contributed by atoms with Crippen LogP contribution in [0.4, 0.5) is 0 Å². The Labute approximate surface area is 97.2 Å². The lowest BCUT2D eigenvalue weighted by Crippen LogP contribution is -2.33. The molecular formula is C11H25O2Si2. The van der Waals surface area contributed by atoms with Crippen LogP contribution in [0.25, 0.3) is 0 Å². The fourth-order valence-electron chi connectivity index (χ4n) is 1.87. The summed E-state index contributed by atoms with van der Waals surface area (Å²) in [6, 6.07) is 2.73. The summed E-state index contributed by atoms with van der Waals surface area (Å²) in [6.45, 7) is 8.90. The van der Waals surface area contributed by atoms with E-state index in [1.165, 1.54) is 37.8 Å². The molecule has 2 nitrogen and oxygen atoms in total. The van der Waals surface area contributed by atoms with E-state index in [2.05, 4.69) is 19.6 Å². The standard InChI is InChI=1S/C6H14OSi.C5H11OSi/c1-8(2)6-4-3-5-7-8;1-7-5-3-2-4-6-7/h3-6H2,1-2H3;2-5H2,1H3. The van der Waals surface area contributed by atoms with Gasteiger partial charge >= 0.3 is 0 Å². The molecule has 2 saturated heterocycles. The van der Waals surface area contributed by atoms with Gasteiger partial charge in [0.05, 0.1) is 0 Å². The van der Waals surface area contributed by atoms with Crippen molar-refractivity contribution in [1.29, 1.82) is 0 Å². The van der Waals surface area contributed by atoms with E-state index >= 15 is 0 Å². The summed E-state index contributed by atoms with van der Waals surface area (Å²) in [6.07, 6.45) is 5.39. The smallest absolute Gasteiger partial charge is 0.208 e. The second-order valence-electron chi connectivity index (χ2n) is 5.07. The van der Waals surface area contributed by atoms with Gasteiger partial charge in [-0.25, -0.2) is 0 Å². The molecule has 4 heteroatoms. The van der Waals surface area contributed by atoms with Gasteiger partial charge in [-0.1, -0.05) is 12.8 Å². The molecule has 2 aliphatic rings. The van der Waals surface area contributed by atoms with Gasteiger partial charge in [-0.15, -0.1) is 0 Å². The van der Waals surface area contributed by atoms with Crippen LogP contribution in [0.15, 0.2) is 0 Å². The van der Waals surface area contributed by atoms with Gasteiger partial charge in [-0.2, -0.15) is 0 Å². The minimum atomic E-state index is -1.09. The number of hydrogen-bond acceptors (Lipinski definition) is 2. The minimum Gasteiger partial charge on any atom is -0.417 e. The molecule has 0 N–H and O–H groups in total. The number of rotatable bonds is 0. The fourth-order valence-corrected chi connectivity index (χ4v) is 5.20. The monoisotopic (exact) mass is 245 g/mol. The van der Waals surface area contributed by atoms with Gasteiger partial charge in [0.25, 0.3) is 0 Å². The minimum absolute atomic E-state index is 0.293. The molecule has 0 aliphatic carbocycles. The lowest BCUT2D eigenvalue weighted by molar-refractivity contribution is 0.275. The SMILES string of the molecule is C[Si]1(C)CCCCO1.C[Si]1CCCCO1. The van der Waals surface area contributed by atoms with E-state index in [1.54, 1.807) is 0 Å². The Kier molecular flexibility index (Phi) is 6.11. The Morgan fingerprint density at radius 1 is 1.00 bits per heavy atom. The highest BCUT2D eigenvalue weighted by atomic mass is 28.4. The van der Waals surface area contributed by atoms with Crippen molar-refractivity contribution in [3.05, 3.63) is 0 Å². The van der Waals surface area contributed by atoms with Gasteiger partial charge in [0.15, 0.2) is 8.32 Å².